The maximum atomic E-state index is 13.7. The Hall–Kier alpha value is -1.95. The molecule has 0 bridgehead atoms. The molecule has 25 heavy (non-hydrogen) atoms. The summed E-state index contributed by atoms with van der Waals surface area (Å²) in [6.45, 7) is 7.85. The number of carbonyl (C=O) groups is 2. The maximum absolute atomic E-state index is 13.7. The van der Waals surface area contributed by atoms with Crippen molar-refractivity contribution in [3.05, 3.63) is 35.1 Å². The van der Waals surface area contributed by atoms with Gasteiger partial charge in [0.1, 0.15) is 5.82 Å². The van der Waals surface area contributed by atoms with Crippen LogP contribution in [0.4, 0.5) is 4.39 Å². The Bertz CT molecular complexity index is 627. The summed E-state index contributed by atoms with van der Waals surface area (Å²) in [5, 5.41) is 0. The number of benzene rings is 1. The van der Waals surface area contributed by atoms with Crippen LogP contribution in [0.3, 0.4) is 0 Å². The van der Waals surface area contributed by atoms with Gasteiger partial charge in [-0.1, -0.05) is 19.9 Å². The molecule has 1 saturated heterocycles. The van der Waals surface area contributed by atoms with Gasteiger partial charge in [-0.3, -0.25) is 9.59 Å². The summed E-state index contributed by atoms with van der Waals surface area (Å²) < 4.78 is 13.7. The van der Waals surface area contributed by atoms with Crippen molar-refractivity contribution in [1.82, 2.24) is 9.80 Å². The number of nitrogens with two attached hydrogens (primary N) is 1. The van der Waals surface area contributed by atoms with Crippen LogP contribution in [0.15, 0.2) is 18.2 Å². The molecule has 1 aromatic carbocycles. The summed E-state index contributed by atoms with van der Waals surface area (Å²) >= 11 is 0. The predicted molar refractivity (Wildman–Crippen MR) is 95.7 cm³/mol. The Kier molecular flexibility index (Phi) is 6.16. The molecule has 2 N–H and O–H groups in total. The predicted octanol–water partition coefficient (Wildman–Crippen LogP) is 2.18. The summed E-state index contributed by atoms with van der Waals surface area (Å²) in [5.74, 6) is -0.492. The lowest BCUT2D eigenvalue weighted by atomic mass is 9.81. The van der Waals surface area contributed by atoms with Crippen molar-refractivity contribution >= 4 is 11.8 Å². The van der Waals surface area contributed by atoms with E-state index in [1.165, 1.54) is 6.07 Å². The second-order valence-corrected chi connectivity index (χ2v) is 6.74. The highest BCUT2D eigenvalue weighted by Gasteiger charge is 2.38. The van der Waals surface area contributed by atoms with Gasteiger partial charge in [-0.25, -0.2) is 4.39 Å². The van der Waals surface area contributed by atoms with Crippen LogP contribution >= 0.6 is 0 Å². The normalized spacial score (nSPS) is 15.4. The largest absolute Gasteiger partial charge is 0.339 e. The van der Waals surface area contributed by atoms with E-state index in [-0.39, 0.29) is 17.6 Å². The van der Waals surface area contributed by atoms with Crippen LogP contribution in [-0.2, 0) is 4.79 Å². The van der Waals surface area contributed by atoms with Gasteiger partial charge in [-0.2, -0.15) is 0 Å². The second-order valence-electron chi connectivity index (χ2n) is 6.74. The lowest BCUT2D eigenvalue weighted by Gasteiger charge is -2.40. The molecule has 2 amide bonds. The third-order valence-electron chi connectivity index (χ3n) is 5.47. The van der Waals surface area contributed by atoms with E-state index in [9.17, 15) is 14.0 Å². The number of halogens is 1. The minimum Gasteiger partial charge on any atom is -0.339 e. The standard InChI is InChI=1S/C19H28FN3O2/c1-4-19(5-2,13-21)18(25)23-10-8-22(9-11-23)17(24)15-7-6-14(3)16(20)12-15/h6-7,12H,4-5,8-11,13,21H2,1-3H3. The fourth-order valence-corrected chi connectivity index (χ4v) is 3.28. The smallest absolute Gasteiger partial charge is 0.254 e. The van der Waals surface area contributed by atoms with Gasteiger partial charge in [-0.15, -0.1) is 0 Å². The first-order valence-electron chi connectivity index (χ1n) is 8.93. The zero-order chi connectivity index (χ0) is 18.6. The quantitative estimate of drug-likeness (QED) is 0.886. The molecule has 0 spiro atoms. The lowest BCUT2D eigenvalue weighted by Crippen LogP contribution is -2.55. The van der Waals surface area contributed by atoms with Gasteiger partial charge in [0.05, 0.1) is 5.41 Å². The molecule has 0 atom stereocenters. The van der Waals surface area contributed by atoms with E-state index < -0.39 is 5.41 Å². The number of carbonyl (C=O) groups excluding carboxylic acids is 2. The Labute approximate surface area is 149 Å². The first kappa shape index (κ1) is 19.4. The summed E-state index contributed by atoms with van der Waals surface area (Å²) in [4.78, 5) is 28.9. The van der Waals surface area contributed by atoms with Gasteiger partial charge in [0.2, 0.25) is 5.91 Å². The van der Waals surface area contributed by atoms with Crippen LogP contribution in [0.1, 0.15) is 42.6 Å². The van der Waals surface area contributed by atoms with Gasteiger partial charge in [-0.05, 0) is 37.5 Å². The van der Waals surface area contributed by atoms with Crippen LogP contribution in [0, 0.1) is 18.2 Å². The molecule has 0 saturated carbocycles. The fourth-order valence-electron chi connectivity index (χ4n) is 3.28. The van der Waals surface area contributed by atoms with E-state index in [1.807, 2.05) is 13.8 Å². The fraction of sp³-hybridized carbons (Fsp3) is 0.579. The number of rotatable bonds is 5. The van der Waals surface area contributed by atoms with Crippen molar-refractivity contribution in [2.75, 3.05) is 32.7 Å². The van der Waals surface area contributed by atoms with E-state index in [2.05, 4.69) is 0 Å². The average Bonchev–Trinajstić information content (AvgIpc) is 2.65. The lowest BCUT2D eigenvalue weighted by molar-refractivity contribution is -0.143. The molecule has 2 rings (SSSR count). The molecular weight excluding hydrogens is 321 g/mol. The van der Waals surface area contributed by atoms with Crippen molar-refractivity contribution in [2.45, 2.75) is 33.6 Å². The van der Waals surface area contributed by atoms with Gasteiger partial charge in [0, 0.05) is 38.3 Å². The van der Waals surface area contributed by atoms with Crippen LogP contribution in [-0.4, -0.2) is 54.3 Å². The first-order chi connectivity index (χ1) is 11.9. The third-order valence-corrected chi connectivity index (χ3v) is 5.47. The molecule has 0 aromatic heterocycles. The van der Waals surface area contributed by atoms with Crippen molar-refractivity contribution in [1.29, 1.82) is 0 Å². The zero-order valence-electron chi connectivity index (χ0n) is 15.3. The summed E-state index contributed by atoms with van der Waals surface area (Å²) in [7, 11) is 0. The Morgan fingerprint density at radius 1 is 1.12 bits per heavy atom. The first-order valence-corrected chi connectivity index (χ1v) is 8.93. The molecule has 1 fully saturated rings. The van der Waals surface area contributed by atoms with Gasteiger partial charge in [0.25, 0.3) is 5.91 Å². The molecule has 1 heterocycles. The highest BCUT2D eigenvalue weighted by molar-refractivity contribution is 5.94. The van der Waals surface area contributed by atoms with E-state index in [0.29, 0.717) is 56.7 Å². The highest BCUT2D eigenvalue weighted by Crippen LogP contribution is 2.28. The molecular formula is C19H28FN3O2. The number of aryl methyl sites for hydroxylation is 1. The summed E-state index contributed by atoms with van der Waals surface area (Å²) in [6, 6.07) is 4.54. The molecule has 0 aliphatic carbocycles. The minimum atomic E-state index is -0.508. The van der Waals surface area contributed by atoms with E-state index in [4.69, 9.17) is 5.73 Å². The van der Waals surface area contributed by atoms with Crippen molar-refractivity contribution in [3.63, 3.8) is 0 Å². The Balaban J connectivity index is 2.02. The molecule has 0 radical (unpaired) electrons. The number of nitrogens with zero attached hydrogens (tertiary/aromatic N) is 2. The molecule has 1 aliphatic rings. The average molecular weight is 349 g/mol. The summed E-state index contributed by atoms with van der Waals surface area (Å²) in [5.41, 5.74) is 6.23. The van der Waals surface area contributed by atoms with Crippen molar-refractivity contribution in [3.8, 4) is 0 Å². The van der Waals surface area contributed by atoms with Crippen LogP contribution < -0.4 is 5.73 Å². The SMILES string of the molecule is CCC(CC)(CN)C(=O)N1CCN(C(=O)c2ccc(C)c(F)c2)CC1. The molecule has 138 valence electrons. The van der Waals surface area contributed by atoms with Crippen LogP contribution in [0.5, 0.6) is 0 Å². The number of hydrogen-bond acceptors (Lipinski definition) is 3. The monoisotopic (exact) mass is 349 g/mol. The van der Waals surface area contributed by atoms with Gasteiger partial charge in [0.15, 0.2) is 0 Å². The van der Waals surface area contributed by atoms with Gasteiger partial charge < -0.3 is 15.5 Å². The molecule has 1 aliphatic heterocycles. The molecule has 0 unspecified atom stereocenters. The Morgan fingerprint density at radius 2 is 1.68 bits per heavy atom. The minimum absolute atomic E-state index is 0.0773. The number of piperazine rings is 1. The highest BCUT2D eigenvalue weighted by atomic mass is 19.1. The zero-order valence-corrected chi connectivity index (χ0v) is 15.3. The topological polar surface area (TPSA) is 66.6 Å². The van der Waals surface area contributed by atoms with Crippen LogP contribution in [0.2, 0.25) is 0 Å². The van der Waals surface area contributed by atoms with E-state index in [0.717, 1.165) is 0 Å². The van der Waals surface area contributed by atoms with Gasteiger partial charge >= 0.3 is 0 Å². The second kappa shape index (κ2) is 7.95. The Morgan fingerprint density at radius 3 is 2.16 bits per heavy atom. The maximum Gasteiger partial charge on any atom is 0.254 e. The summed E-state index contributed by atoms with van der Waals surface area (Å²) in [6.07, 6.45) is 1.42. The van der Waals surface area contributed by atoms with E-state index >= 15 is 0 Å². The molecule has 6 heteroatoms. The number of hydrogen-bond donors (Lipinski definition) is 1. The molecule has 5 nitrogen and oxygen atoms in total. The third kappa shape index (κ3) is 3.84. The molecule has 1 aromatic rings. The van der Waals surface area contributed by atoms with Crippen molar-refractivity contribution < 1.29 is 14.0 Å². The van der Waals surface area contributed by atoms with Crippen molar-refractivity contribution in [2.24, 2.45) is 11.1 Å². The number of amides is 2. The van der Waals surface area contributed by atoms with E-state index in [1.54, 1.807) is 28.9 Å². The van der Waals surface area contributed by atoms with Crippen LogP contribution in [0.25, 0.3) is 0 Å².